The summed E-state index contributed by atoms with van der Waals surface area (Å²) >= 11 is 1.55. The number of carbonyl (C=O) groups is 1. The average molecular weight is 333 g/mol. The van der Waals surface area contributed by atoms with Gasteiger partial charge in [0, 0.05) is 50.2 Å². The van der Waals surface area contributed by atoms with E-state index < -0.39 is 0 Å². The summed E-state index contributed by atoms with van der Waals surface area (Å²) < 4.78 is 1.86. The Labute approximate surface area is 140 Å². The molecule has 6 nitrogen and oxygen atoms in total. The van der Waals surface area contributed by atoms with Crippen molar-refractivity contribution >= 4 is 22.4 Å². The summed E-state index contributed by atoms with van der Waals surface area (Å²) in [4.78, 5) is 20.5. The molecule has 0 spiro atoms. The number of likely N-dealkylation sites (tertiary alicyclic amines) is 1. The molecule has 2 aromatic rings. The number of aromatic nitrogens is 3. The highest BCUT2D eigenvalue weighted by Gasteiger charge is 2.27. The Morgan fingerprint density at radius 1 is 1.52 bits per heavy atom. The molecule has 1 unspecified atom stereocenters. The van der Waals surface area contributed by atoms with E-state index in [1.807, 2.05) is 24.9 Å². The second kappa shape index (κ2) is 6.80. The van der Waals surface area contributed by atoms with Crippen LogP contribution in [0.2, 0.25) is 0 Å². The van der Waals surface area contributed by atoms with Crippen molar-refractivity contribution in [2.45, 2.75) is 39.3 Å². The Balaban J connectivity index is 1.71. The number of anilines is 1. The fraction of sp³-hybridized carbons (Fsp3) is 0.562. The van der Waals surface area contributed by atoms with Crippen LogP contribution in [0.5, 0.6) is 0 Å². The largest absolute Gasteiger partial charge is 0.290 e. The molecule has 2 aromatic heterocycles. The quantitative estimate of drug-likeness (QED) is 0.844. The van der Waals surface area contributed by atoms with Crippen molar-refractivity contribution in [2.24, 2.45) is 7.05 Å². The Morgan fingerprint density at radius 2 is 2.35 bits per heavy atom. The van der Waals surface area contributed by atoms with Gasteiger partial charge in [0.15, 0.2) is 5.13 Å². The smallest absolute Gasteiger partial charge is 0.225 e. The van der Waals surface area contributed by atoms with E-state index in [1.165, 1.54) is 12.0 Å². The van der Waals surface area contributed by atoms with Crippen LogP contribution < -0.4 is 4.90 Å². The first kappa shape index (κ1) is 16.1. The predicted molar refractivity (Wildman–Crippen MR) is 91.4 cm³/mol. The van der Waals surface area contributed by atoms with Crippen molar-refractivity contribution in [1.82, 2.24) is 19.7 Å². The third-order valence-electron chi connectivity index (χ3n) is 4.31. The lowest BCUT2D eigenvalue weighted by atomic mass is 10.1. The molecule has 3 rings (SSSR count). The lowest BCUT2D eigenvalue weighted by Crippen LogP contribution is -2.28. The summed E-state index contributed by atoms with van der Waals surface area (Å²) in [5.41, 5.74) is 2.32. The van der Waals surface area contributed by atoms with Crippen molar-refractivity contribution in [3.05, 3.63) is 29.0 Å². The number of carbonyl (C=O) groups excluding carboxylic acids is 1. The first-order valence-corrected chi connectivity index (χ1v) is 8.91. The van der Waals surface area contributed by atoms with E-state index in [0.717, 1.165) is 30.3 Å². The molecule has 124 valence electrons. The van der Waals surface area contributed by atoms with Gasteiger partial charge in [-0.05, 0) is 26.3 Å². The summed E-state index contributed by atoms with van der Waals surface area (Å²) in [5.74, 6) is 0.0443. The third kappa shape index (κ3) is 3.45. The van der Waals surface area contributed by atoms with Crippen LogP contribution in [0.3, 0.4) is 0 Å². The molecule has 1 saturated heterocycles. The zero-order chi connectivity index (χ0) is 16.4. The van der Waals surface area contributed by atoms with E-state index in [2.05, 4.69) is 26.6 Å². The Bertz CT molecular complexity index is 680. The molecule has 1 atom stereocenters. The van der Waals surface area contributed by atoms with Crippen LogP contribution >= 0.6 is 11.3 Å². The molecular weight excluding hydrogens is 310 g/mol. The lowest BCUT2D eigenvalue weighted by molar-refractivity contribution is -0.116. The van der Waals surface area contributed by atoms with Crippen LogP contribution in [0, 0.1) is 0 Å². The van der Waals surface area contributed by atoms with E-state index in [0.29, 0.717) is 12.6 Å². The highest BCUT2D eigenvalue weighted by molar-refractivity contribution is 7.14. The van der Waals surface area contributed by atoms with Gasteiger partial charge in [0.05, 0.1) is 11.9 Å². The number of nitrogens with zero attached hydrogens (tertiary/aromatic N) is 5. The van der Waals surface area contributed by atoms with Crippen LogP contribution in [0.4, 0.5) is 5.13 Å². The number of thiazole rings is 1. The molecule has 0 saturated carbocycles. The Kier molecular flexibility index (Phi) is 4.77. The Hall–Kier alpha value is -1.73. The maximum Gasteiger partial charge on any atom is 0.225 e. The van der Waals surface area contributed by atoms with Crippen molar-refractivity contribution < 1.29 is 4.79 Å². The second-order valence-corrected chi connectivity index (χ2v) is 6.80. The van der Waals surface area contributed by atoms with Crippen LogP contribution in [0.1, 0.15) is 44.0 Å². The standard InChI is InChI=1S/C16H23N5OS/c1-4-21(12(2)22)16-18-14(11-23-16)10-20-7-5-6-15(20)13-8-17-19(3)9-13/h8-9,11,15H,4-7,10H2,1-3H3. The van der Waals surface area contributed by atoms with Gasteiger partial charge in [-0.1, -0.05) is 0 Å². The molecular formula is C16H23N5OS. The topological polar surface area (TPSA) is 54.3 Å². The van der Waals surface area contributed by atoms with E-state index >= 15 is 0 Å². The molecule has 1 aliphatic rings. The van der Waals surface area contributed by atoms with E-state index in [1.54, 1.807) is 23.2 Å². The fourth-order valence-corrected chi connectivity index (χ4v) is 4.12. The van der Waals surface area contributed by atoms with Crippen LogP contribution in [0.15, 0.2) is 17.8 Å². The minimum atomic E-state index is 0.0443. The number of hydrogen-bond acceptors (Lipinski definition) is 5. The van der Waals surface area contributed by atoms with E-state index in [4.69, 9.17) is 0 Å². The average Bonchev–Trinajstić information content (AvgIpc) is 3.21. The van der Waals surface area contributed by atoms with Gasteiger partial charge in [-0.3, -0.25) is 19.3 Å². The van der Waals surface area contributed by atoms with Gasteiger partial charge in [-0.2, -0.15) is 5.10 Å². The number of rotatable bonds is 5. The maximum absolute atomic E-state index is 11.6. The summed E-state index contributed by atoms with van der Waals surface area (Å²) in [6.07, 6.45) is 6.43. The van der Waals surface area contributed by atoms with Crippen LogP contribution in [-0.2, 0) is 18.4 Å². The maximum atomic E-state index is 11.6. The lowest BCUT2D eigenvalue weighted by Gasteiger charge is -2.22. The predicted octanol–water partition coefficient (Wildman–Crippen LogP) is 2.59. The van der Waals surface area contributed by atoms with Gasteiger partial charge >= 0.3 is 0 Å². The number of hydrogen-bond donors (Lipinski definition) is 0. The first-order chi connectivity index (χ1) is 11.1. The first-order valence-electron chi connectivity index (χ1n) is 8.03. The van der Waals surface area contributed by atoms with E-state index in [-0.39, 0.29) is 5.91 Å². The van der Waals surface area contributed by atoms with Gasteiger partial charge in [-0.25, -0.2) is 4.98 Å². The van der Waals surface area contributed by atoms with Gasteiger partial charge < -0.3 is 0 Å². The zero-order valence-electron chi connectivity index (χ0n) is 13.9. The minimum Gasteiger partial charge on any atom is -0.290 e. The summed E-state index contributed by atoms with van der Waals surface area (Å²) in [6.45, 7) is 6.12. The summed E-state index contributed by atoms with van der Waals surface area (Å²) in [7, 11) is 1.95. The van der Waals surface area contributed by atoms with Crippen molar-refractivity contribution in [3.8, 4) is 0 Å². The number of amides is 1. The monoisotopic (exact) mass is 333 g/mol. The molecule has 1 amide bonds. The molecule has 0 radical (unpaired) electrons. The van der Waals surface area contributed by atoms with Gasteiger partial charge in [-0.15, -0.1) is 11.3 Å². The fourth-order valence-electron chi connectivity index (χ4n) is 3.20. The third-order valence-corrected chi connectivity index (χ3v) is 5.22. The van der Waals surface area contributed by atoms with Gasteiger partial charge in [0.25, 0.3) is 0 Å². The molecule has 0 N–H and O–H groups in total. The van der Waals surface area contributed by atoms with Gasteiger partial charge in [0.1, 0.15) is 0 Å². The molecule has 1 fully saturated rings. The molecule has 23 heavy (non-hydrogen) atoms. The molecule has 0 bridgehead atoms. The zero-order valence-corrected chi connectivity index (χ0v) is 14.7. The molecule has 1 aliphatic heterocycles. The molecule has 0 aliphatic carbocycles. The van der Waals surface area contributed by atoms with Gasteiger partial charge in [0.2, 0.25) is 5.91 Å². The second-order valence-electron chi connectivity index (χ2n) is 5.96. The highest BCUT2D eigenvalue weighted by Crippen LogP contribution is 2.33. The van der Waals surface area contributed by atoms with E-state index in [9.17, 15) is 4.79 Å². The summed E-state index contributed by atoms with van der Waals surface area (Å²) in [6, 6.07) is 0.420. The van der Waals surface area contributed by atoms with Crippen LogP contribution in [-0.4, -0.2) is 38.7 Å². The number of aryl methyl sites for hydroxylation is 1. The normalized spacial score (nSPS) is 18.5. The van der Waals surface area contributed by atoms with Crippen LogP contribution in [0.25, 0.3) is 0 Å². The van der Waals surface area contributed by atoms with Crippen molar-refractivity contribution in [1.29, 1.82) is 0 Å². The highest BCUT2D eigenvalue weighted by atomic mass is 32.1. The Morgan fingerprint density at radius 3 is 3.00 bits per heavy atom. The SMILES string of the molecule is CCN(C(C)=O)c1nc(CN2CCCC2c2cnn(C)c2)cs1. The molecule has 7 heteroatoms. The van der Waals surface area contributed by atoms with Crippen molar-refractivity contribution in [2.75, 3.05) is 18.0 Å². The molecule has 3 heterocycles. The van der Waals surface area contributed by atoms with Crippen molar-refractivity contribution in [3.63, 3.8) is 0 Å². The minimum absolute atomic E-state index is 0.0443. The molecule has 0 aromatic carbocycles. The summed E-state index contributed by atoms with van der Waals surface area (Å²) in [5, 5.41) is 7.16.